The van der Waals surface area contributed by atoms with Crippen LogP contribution in [0.2, 0.25) is 5.02 Å². The topological polar surface area (TPSA) is 56.7 Å². The van der Waals surface area contributed by atoms with Crippen LogP contribution in [0.15, 0.2) is 58.2 Å². The summed E-state index contributed by atoms with van der Waals surface area (Å²) < 4.78 is 2.44. The third-order valence-corrected chi connectivity index (χ3v) is 5.54. The van der Waals surface area contributed by atoms with Crippen LogP contribution in [0.3, 0.4) is 0 Å². The summed E-state index contributed by atoms with van der Waals surface area (Å²) in [7, 11) is 0. The van der Waals surface area contributed by atoms with Crippen LogP contribution < -0.4 is 5.84 Å². The van der Waals surface area contributed by atoms with Crippen molar-refractivity contribution in [2.75, 3.05) is 5.84 Å². The monoisotopic (exact) mass is 408 g/mol. The Hall–Kier alpha value is -1.50. The molecule has 118 valence electrons. The van der Waals surface area contributed by atoms with E-state index in [-0.39, 0.29) is 5.25 Å². The highest BCUT2D eigenvalue weighted by Crippen LogP contribution is 2.37. The van der Waals surface area contributed by atoms with E-state index in [9.17, 15) is 0 Å². The fourth-order valence-electron chi connectivity index (χ4n) is 2.21. The van der Waals surface area contributed by atoms with Gasteiger partial charge in [0.1, 0.15) is 0 Å². The molecule has 0 aliphatic carbocycles. The van der Waals surface area contributed by atoms with Gasteiger partial charge in [-0.15, -0.1) is 10.2 Å². The van der Waals surface area contributed by atoms with Crippen LogP contribution in [0.5, 0.6) is 0 Å². The van der Waals surface area contributed by atoms with Crippen LogP contribution in [0, 0.1) is 0 Å². The molecule has 7 heteroatoms. The number of aromatic nitrogens is 3. The fraction of sp³-hybridized carbons (Fsp3) is 0.125. The third kappa shape index (κ3) is 3.39. The number of nitrogens with two attached hydrogens (primary N) is 1. The molecule has 0 spiro atoms. The smallest absolute Gasteiger partial charge is 0.210 e. The molecule has 0 aliphatic heterocycles. The molecule has 0 saturated heterocycles. The van der Waals surface area contributed by atoms with E-state index in [2.05, 4.69) is 33.1 Å². The first kappa shape index (κ1) is 16.4. The molecule has 1 heterocycles. The molecule has 1 unspecified atom stereocenters. The molecule has 1 aromatic heterocycles. The van der Waals surface area contributed by atoms with Gasteiger partial charge in [0.05, 0.1) is 0 Å². The molecule has 1 atom stereocenters. The predicted molar refractivity (Wildman–Crippen MR) is 99.0 cm³/mol. The van der Waals surface area contributed by atoms with Gasteiger partial charge in [-0.1, -0.05) is 69.6 Å². The first-order valence-electron chi connectivity index (χ1n) is 6.94. The van der Waals surface area contributed by atoms with Crippen LogP contribution in [0.1, 0.15) is 17.7 Å². The van der Waals surface area contributed by atoms with Crippen molar-refractivity contribution in [2.45, 2.75) is 17.3 Å². The van der Waals surface area contributed by atoms with E-state index in [1.165, 1.54) is 16.4 Å². The van der Waals surface area contributed by atoms with Gasteiger partial charge in [-0.3, -0.25) is 0 Å². The van der Waals surface area contributed by atoms with Crippen LogP contribution in [0.4, 0.5) is 0 Å². The molecule has 0 radical (unpaired) electrons. The maximum atomic E-state index is 6.25. The van der Waals surface area contributed by atoms with Gasteiger partial charge >= 0.3 is 0 Å². The van der Waals surface area contributed by atoms with Crippen molar-refractivity contribution in [1.29, 1.82) is 0 Å². The molecular formula is C16H14BrClN4S. The maximum absolute atomic E-state index is 6.25. The zero-order valence-electron chi connectivity index (χ0n) is 12.3. The summed E-state index contributed by atoms with van der Waals surface area (Å²) in [6.45, 7) is 2.07. The summed E-state index contributed by atoms with van der Waals surface area (Å²) in [6.07, 6.45) is 0. The van der Waals surface area contributed by atoms with Crippen LogP contribution in [-0.4, -0.2) is 14.9 Å². The van der Waals surface area contributed by atoms with Gasteiger partial charge < -0.3 is 5.84 Å². The van der Waals surface area contributed by atoms with E-state index >= 15 is 0 Å². The molecule has 0 saturated carbocycles. The highest BCUT2D eigenvalue weighted by atomic mass is 79.9. The van der Waals surface area contributed by atoms with Crippen molar-refractivity contribution in [2.24, 2.45) is 0 Å². The second-order valence-corrected chi connectivity index (χ2v) is 7.51. The lowest BCUT2D eigenvalue weighted by molar-refractivity contribution is 0.843. The van der Waals surface area contributed by atoms with E-state index in [1.807, 2.05) is 48.5 Å². The van der Waals surface area contributed by atoms with Crippen molar-refractivity contribution in [3.63, 3.8) is 0 Å². The number of hydrogen-bond donors (Lipinski definition) is 1. The Morgan fingerprint density at radius 3 is 2.57 bits per heavy atom. The lowest BCUT2D eigenvalue weighted by Gasteiger charge is -2.12. The highest BCUT2D eigenvalue weighted by molar-refractivity contribution is 9.10. The maximum Gasteiger partial charge on any atom is 0.210 e. The van der Waals surface area contributed by atoms with Crippen molar-refractivity contribution in [3.8, 4) is 11.4 Å². The van der Waals surface area contributed by atoms with Crippen molar-refractivity contribution < 1.29 is 0 Å². The number of halogens is 2. The second kappa shape index (κ2) is 6.95. The summed E-state index contributed by atoms with van der Waals surface area (Å²) >= 11 is 11.3. The lowest BCUT2D eigenvalue weighted by Crippen LogP contribution is -2.12. The molecule has 0 bridgehead atoms. The fourth-order valence-corrected chi connectivity index (χ4v) is 3.97. The third-order valence-electron chi connectivity index (χ3n) is 3.40. The Bertz CT molecular complexity index is 836. The Morgan fingerprint density at radius 1 is 1.13 bits per heavy atom. The first-order valence-corrected chi connectivity index (χ1v) is 8.99. The van der Waals surface area contributed by atoms with Gasteiger partial charge in [0.15, 0.2) is 5.82 Å². The van der Waals surface area contributed by atoms with Crippen LogP contribution in [0.25, 0.3) is 11.4 Å². The largest absolute Gasteiger partial charge is 0.335 e. The van der Waals surface area contributed by atoms with Crippen molar-refractivity contribution >= 4 is 39.3 Å². The second-order valence-electron chi connectivity index (χ2n) is 4.94. The molecule has 0 aliphatic rings. The van der Waals surface area contributed by atoms with Crippen molar-refractivity contribution in [1.82, 2.24) is 14.9 Å². The summed E-state index contributed by atoms with van der Waals surface area (Å²) in [5, 5.41) is 9.93. The number of hydrogen-bond acceptors (Lipinski definition) is 4. The zero-order chi connectivity index (χ0) is 16.4. The number of nitrogen functional groups attached to an aromatic ring is 1. The van der Waals surface area contributed by atoms with Gasteiger partial charge in [0, 0.05) is 20.3 Å². The Balaban J connectivity index is 1.89. The summed E-state index contributed by atoms with van der Waals surface area (Å²) in [5.41, 5.74) is 1.95. The van der Waals surface area contributed by atoms with Crippen molar-refractivity contribution in [3.05, 3.63) is 63.6 Å². The van der Waals surface area contributed by atoms with Crippen LogP contribution in [-0.2, 0) is 0 Å². The summed E-state index contributed by atoms with van der Waals surface area (Å²) in [5.74, 6) is 6.80. The molecular weight excluding hydrogens is 396 g/mol. The molecule has 2 aromatic carbocycles. The molecule has 0 amide bonds. The molecule has 2 N–H and O–H groups in total. The minimum absolute atomic E-state index is 0.113. The minimum atomic E-state index is 0.113. The molecule has 4 nitrogen and oxygen atoms in total. The van der Waals surface area contributed by atoms with Gasteiger partial charge in [-0.25, -0.2) is 4.68 Å². The minimum Gasteiger partial charge on any atom is -0.335 e. The molecule has 3 aromatic rings. The van der Waals surface area contributed by atoms with E-state index in [0.29, 0.717) is 11.0 Å². The number of thioether (sulfide) groups is 1. The Labute approximate surface area is 152 Å². The van der Waals surface area contributed by atoms with Gasteiger partial charge in [0.2, 0.25) is 5.16 Å². The van der Waals surface area contributed by atoms with E-state index < -0.39 is 0 Å². The number of benzene rings is 2. The Morgan fingerprint density at radius 2 is 1.83 bits per heavy atom. The van der Waals surface area contributed by atoms with E-state index in [4.69, 9.17) is 17.4 Å². The molecule has 3 rings (SSSR count). The Kier molecular flexibility index (Phi) is 4.94. The number of rotatable bonds is 4. The quantitative estimate of drug-likeness (QED) is 0.490. The average Bonchev–Trinajstić information content (AvgIpc) is 2.89. The highest BCUT2D eigenvalue weighted by Gasteiger charge is 2.18. The predicted octanol–water partition coefficient (Wildman–Crippen LogP) is 4.93. The normalized spacial score (nSPS) is 12.3. The molecule has 0 fully saturated rings. The van der Waals surface area contributed by atoms with E-state index in [1.54, 1.807) is 0 Å². The number of nitrogens with zero attached hydrogens (tertiary/aromatic N) is 3. The van der Waals surface area contributed by atoms with Gasteiger partial charge in [0.25, 0.3) is 0 Å². The van der Waals surface area contributed by atoms with Gasteiger partial charge in [-0.05, 0) is 30.7 Å². The standard InChI is InChI=1S/C16H14BrClN4S/c1-10(11-6-3-5-9-14(11)18)23-16-21-20-15(22(16)19)12-7-2-4-8-13(12)17/h2-10H,19H2,1H3. The zero-order valence-corrected chi connectivity index (χ0v) is 15.4. The summed E-state index contributed by atoms with van der Waals surface area (Å²) in [6, 6.07) is 15.6. The van der Waals surface area contributed by atoms with Crippen LogP contribution >= 0.6 is 39.3 Å². The molecule has 23 heavy (non-hydrogen) atoms. The van der Waals surface area contributed by atoms with E-state index in [0.717, 1.165) is 20.6 Å². The average molecular weight is 410 g/mol. The summed E-state index contributed by atoms with van der Waals surface area (Å²) in [4.78, 5) is 0. The SMILES string of the molecule is CC(Sc1nnc(-c2ccccc2Br)n1N)c1ccccc1Cl. The first-order chi connectivity index (χ1) is 11.1. The van der Waals surface area contributed by atoms with Gasteiger partial charge in [-0.2, -0.15) is 0 Å². The lowest BCUT2D eigenvalue weighted by atomic mass is 10.2.